The summed E-state index contributed by atoms with van der Waals surface area (Å²) >= 11 is 0. The van der Waals surface area contributed by atoms with E-state index in [0.29, 0.717) is 18.8 Å². The highest BCUT2D eigenvalue weighted by molar-refractivity contribution is 4.85. The van der Waals surface area contributed by atoms with Gasteiger partial charge in [-0.3, -0.25) is 0 Å². The standard InChI is InChI=1S/C11H23NO3/c1-3-15-11-6-9(7-11)12-5-4-10(13)8-14-2/h9-13H,3-8H2,1-2H3. The van der Waals surface area contributed by atoms with E-state index in [1.54, 1.807) is 7.11 Å². The number of hydrogen-bond acceptors (Lipinski definition) is 4. The lowest BCUT2D eigenvalue weighted by Gasteiger charge is -2.35. The van der Waals surface area contributed by atoms with Crippen LogP contribution in [-0.4, -0.2) is 50.2 Å². The van der Waals surface area contributed by atoms with Crippen molar-refractivity contribution >= 4 is 0 Å². The number of rotatable bonds is 8. The zero-order valence-electron chi connectivity index (χ0n) is 9.74. The first-order valence-corrected chi connectivity index (χ1v) is 5.78. The van der Waals surface area contributed by atoms with Gasteiger partial charge in [-0.1, -0.05) is 0 Å². The molecular weight excluding hydrogens is 194 g/mol. The minimum atomic E-state index is -0.342. The topological polar surface area (TPSA) is 50.7 Å². The van der Waals surface area contributed by atoms with Gasteiger partial charge in [-0.15, -0.1) is 0 Å². The zero-order chi connectivity index (χ0) is 11.1. The summed E-state index contributed by atoms with van der Waals surface area (Å²) in [7, 11) is 1.61. The third-order valence-electron chi connectivity index (χ3n) is 2.77. The second kappa shape index (κ2) is 7.17. The Bertz CT molecular complexity index is 160. The van der Waals surface area contributed by atoms with Crippen molar-refractivity contribution < 1.29 is 14.6 Å². The van der Waals surface area contributed by atoms with Crippen molar-refractivity contribution in [1.82, 2.24) is 5.32 Å². The minimum absolute atomic E-state index is 0.342. The monoisotopic (exact) mass is 217 g/mol. The Morgan fingerprint density at radius 3 is 2.80 bits per heavy atom. The number of hydrogen-bond donors (Lipinski definition) is 2. The first kappa shape index (κ1) is 12.9. The van der Waals surface area contributed by atoms with Crippen molar-refractivity contribution in [3.63, 3.8) is 0 Å². The highest BCUT2D eigenvalue weighted by atomic mass is 16.5. The Kier molecular flexibility index (Phi) is 6.17. The molecule has 0 spiro atoms. The maximum Gasteiger partial charge on any atom is 0.0785 e. The van der Waals surface area contributed by atoms with Gasteiger partial charge in [-0.2, -0.15) is 0 Å². The summed E-state index contributed by atoms with van der Waals surface area (Å²) in [4.78, 5) is 0. The third kappa shape index (κ3) is 4.93. The van der Waals surface area contributed by atoms with E-state index in [4.69, 9.17) is 9.47 Å². The molecule has 1 aliphatic carbocycles. The summed E-state index contributed by atoms with van der Waals surface area (Å²) in [6, 6.07) is 0.580. The van der Waals surface area contributed by atoms with Gasteiger partial charge in [0.1, 0.15) is 0 Å². The molecule has 4 heteroatoms. The molecule has 4 nitrogen and oxygen atoms in total. The number of aliphatic hydroxyl groups is 1. The molecule has 0 amide bonds. The zero-order valence-corrected chi connectivity index (χ0v) is 9.74. The van der Waals surface area contributed by atoms with Gasteiger partial charge < -0.3 is 19.9 Å². The molecule has 0 saturated heterocycles. The molecule has 1 aliphatic rings. The number of nitrogens with one attached hydrogen (secondary N) is 1. The predicted molar refractivity (Wildman–Crippen MR) is 58.9 cm³/mol. The van der Waals surface area contributed by atoms with Crippen LogP contribution in [-0.2, 0) is 9.47 Å². The van der Waals surface area contributed by atoms with Crippen LogP contribution >= 0.6 is 0 Å². The number of ether oxygens (including phenoxy) is 2. The van der Waals surface area contributed by atoms with Crippen molar-refractivity contribution in [3.8, 4) is 0 Å². The molecule has 0 aromatic heterocycles. The molecule has 1 atom stereocenters. The van der Waals surface area contributed by atoms with Crippen molar-refractivity contribution in [2.75, 3.05) is 26.9 Å². The third-order valence-corrected chi connectivity index (χ3v) is 2.77. The maximum atomic E-state index is 9.40. The lowest BCUT2D eigenvalue weighted by Crippen LogP contribution is -2.46. The quantitative estimate of drug-likeness (QED) is 0.623. The van der Waals surface area contributed by atoms with E-state index in [9.17, 15) is 5.11 Å². The van der Waals surface area contributed by atoms with Crippen LogP contribution in [0.25, 0.3) is 0 Å². The largest absolute Gasteiger partial charge is 0.391 e. The summed E-state index contributed by atoms with van der Waals surface area (Å²) in [5, 5.41) is 12.8. The highest BCUT2D eigenvalue weighted by Crippen LogP contribution is 2.22. The molecule has 0 radical (unpaired) electrons. The van der Waals surface area contributed by atoms with Gasteiger partial charge in [0.05, 0.1) is 18.8 Å². The predicted octanol–water partition coefficient (Wildman–Crippen LogP) is 0.541. The van der Waals surface area contributed by atoms with Gasteiger partial charge in [0.25, 0.3) is 0 Å². The van der Waals surface area contributed by atoms with E-state index in [0.717, 1.165) is 32.4 Å². The average Bonchev–Trinajstić information content (AvgIpc) is 2.14. The van der Waals surface area contributed by atoms with Crippen molar-refractivity contribution in [3.05, 3.63) is 0 Å². The lowest BCUT2D eigenvalue weighted by molar-refractivity contribution is -0.0111. The molecule has 0 bridgehead atoms. The summed E-state index contributed by atoms with van der Waals surface area (Å²) in [6.07, 6.45) is 3.08. The van der Waals surface area contributed by atoms with Crippen LogP contribution in [0.3, 0.4) is 0 Å². The molecule has 0 heterocycles. The molecule has 1 unspecified atom stereocenters. The van der Waals surface area contributed by atoms with Crippen LogP contribution in [0.1, 0.15) is 26.2 Å². The van der Waals surface area contributed by atoms with E-state index in [2.05, 4.69) is 5.32 Å². The molecule has 15 heavy (non-hydrogen) atoms. The normalized spacial score (nSPS) is 27.4. The van der Waals surface area contributed by atoms with Crippen molar-refractivity contribution in [2.45, 2.75) is 44.4 Å². The molecule has 0 aliphatic heterocycles. The van der Waals surface area contributed by atoms with Gasteiger partial charge in [0.15, 0.2) is 0 Å². The van der Waals surface area contributed by atoms with Crippen LogP contribution < -0.4 is 5.32 Å². The van der Waals surface area contributed by atoms with Gasteiger partial charge >= 0.3 is 0 Å². The minimum Gasteiger partial charge on any atom is -0.391 e. The average molecular weight is 217 g/mol. The second-order valence-electron chi connectivity index (χ2n) is 4.10. The van der Waals surface area contributed by atoms with Crippen LogP contribution in [0.2, 0.25) is 0 Å². The number of aliphatic hydroxyl groups excluding tert-OH is 1. The molecule has 1 rings (SSSR count). The highest BCUT2D eigenvalue weighted by Gasteiger charge is 2.28. The Balaban J connectivity index is 1.90. The fourth-order valence-electron chi connectivity index (χ4n) is 1.83. The van der Waals surface area contributed by atoms with Crippen LogP contribution in [0, 0.1) is 0 Å². The second-order valence-corrected chi connectivity index (χ2v) is 4.10. The Labute approximate surface area is 92.0 Å². The first-order valence-electron chi connectivity index (χ1n) is 5.78. The van der Waals surface area contributed by atoms with Crippen LogP contribution in [0.15, 0.2) is 0 Å². The molecule has 90 valence electrons. The summed E-state index contributed by atoms with van der Waals surface area (Å²) in [5.74, 6) is 0. The van der Waals surface area contributed by atoms with Gasteiger partial charge in [0.2, 0.25) is 0 Å². The van der Waals surface area contributed by atoms with Gasteiger partial charge in [-0.25, -0.2) is 0 Å². The van der Waals surface area contributed by atoms with E-state index in [1.165, 1.54) is 0 Å². The molecular formula is C11H23NO3. The Hall–Kier alpha value is -0.160. The van der Waals surface area contributed by atoms with Gasteiger partial charge in [-0.05, 0) is 32.7 Å². The fourth-order valence-corrected chi connectivity index (χ4v) is 1.83. The molecule has 1 saturated carbocycles. The van der Waals surface area contributed by atoms with Crippen molar-refractivity contribution in [1.29, 1.82) is 0 Å². The molecule has 0 aromatic carbocycles. The first-order chi connectivity index (χ1) is 7.26. The molecule has 1 fully saturated rings. The maximum absolute atomic E-state index is 9.40. The summed E-state index contributed by atoms with van der Waals surface area (Å²) in [6.45, 7) is 4.12. The fraction of sp³-hybridized carbons (Fsp3) is 1.00. The smallest absolute Gasteiger partial charge is 0.0785 e. The van der Waals surface area contributed by atoms with Crippen molar-refractivity contribution in [2.24, 2.45) is 0 Å². The van der Waals surface area contributed by atoms with E-state index < -0.39 is 0 Å². The number of methoxy groups -OCH3 is 1. The lowest BCUT2D eigenvalue weighted by atomic mass is 9.89. The summed E-state index contributed by atoms with van der Waals surface area (Å²) in [5.41, 5.74) is 0. The molecule has 2 N–H and O–H groups in total. The van der Waals surface area contributed by atoms with E-state index >= 15 is 0 Å². The Morgan fingerprint density at radius 2 is 2.20 bits per heavy atom. The molecule has 0 aromatic rings. The summed E-state index contributed by atoms with van der Waals surface area (Å²) < 4.78 is 10.3. The van der Waals surface area contributed by atoms with Crippen LogP contribution in [0.5, 0.6) is 0 Å². The SMILES string of the molecule is CCOC1CC(NCCC(O)COC)C1. The van der Waals surface area contributed by atoms with E-state index in [-0.39, 0.29) is 6.10 Å². The van der Waals surface area contributed by atoms with Gasteiger partial charge in [0, 0.05) is 19.8 Å². The Morgan fingerprint density at radius 1 is 1.47 bits per heavy atom. The van der Waals surface area contributed by atoms with Crippen LogP contribution in [0.4, 0.5) is 0 Å². The van der Waals surface area contributed by atoms with E-state index in [1.807, 2.05) is 6.92 Å².